The van der Waals surface area contributed by atoms with Gasteiger partial charge in [0.1, 0.15) is 6.04 Å². The third kappa shape index (κ3) is 2.95. The Kier molecular flexibility index (Phi) is 4.18. The van der Waals surface area contributed by atoms with Gasteiger partial charge in [-0.25, -0.2) is 8.42 Å². The average molecular weight is 367 g/mol. The van der Waals surface area contributed by atoms with Gasteiger partial charge in [-0.15, -0.1) is 0 Å². The average Bonchev–Trinajstić information content (AvgIpc) is 3.02. The molecule has 1 saturated heterocycles. The number of hydrogen-bond acceptors (Lipinski definition) is 4. The third-order valence-corrected chi connectivity index (χ3v) is 6.03. The van der Waals surface area contributed by atoms with Gasteiger partial charge >= 0.3 is 0 Å². The van der Waals surface area contributed by atoms with E-state index < -0.39 is 16.1 Å². The van der Waals surface area contributed by atoms with Gasteiger partial charge in [-0.3, -0.25) is 9.78 Å². The van der Waals surface area contributed by atoms with E-state index in [1.165, 1.54) is 0 Å². The molecule has 132 valence electrons. The van der Waals surface area contributed by atoms with Gasteiger partial charge in [0.05, 0.1) is 4.90 Å². The first-order valence-corrected chi connectivity index (χ1v) is 9.76. The smallest absolute Gasteiger partial charge is 0.245 e. The van der Waals surface area contributed by atoms with Crippen LogP contribution in [-0.4, -0.2) is 31.9 Å². The van der Waals surface area contributed by atoms with Gasteiger partial charge < -0.3 is 4.90 Å². The van der Waals surface area contributed by atoms with E-state index in [0.717, 1.165) is 11.1 Å². The van der Waals surface area contributed by atoms with Crippen molar-refractivity contribution in [3.05, 3.63) is 67.0 Å². The Morgan fingerprint density at radius 2 is 1.85 bits per heavy atom. The van der Waals surface area contributed by atoms with Gasteiger partial charge in [0.25, 0.3) is 0 Å². The lowest BCUT2D eigenvalue weighted by molar-refractivity contribution is -0.118. The minimum absolute atomic E-state index is 0.156. The van der Waals surface area contributed by atoms with Crippen molar-refractivity contribution < 1.29 is 13.2 Å². The van der Waals surface area contributed by atoms with E-state index in [2.05, 4.69) is 9.71 Å². The number of anilines is 1. The van der Waals surface area contributed by atoms with E-state index in [1.807, 2.05) is 30.3 Å². The molecule has 1 amide bonds. The van der Waals surface area contributed by atoms with Gasteiger partial charge in [0.15, 0.2) is 0 Å². The molecule has 0 bridgehead atoms. The Bertz CT molecular complexity index is 1060. The number of amides is 1. The minimum Gasteiger partial charge on any atom is -0.311 e. The number of nitrogens with zero attached hydrogens (tertiary/aromatic N) is 2. The second kappa shape index (κ2) is 6.51. The van der Waals surface area contributed by atoms with E-state index in [9.17, 15) is 13.2 Å². The lowest BCUT2D eigenvalue weighted by Gasteiger charge is -2.17. The molecule has 4 rings (SSSR count). The molecule has 2 heterocycles. The third-order valence-electron chi connectivity index (χ3n) is 4.50. The monoisotopic (exact) mass is 367 g/mol. The summed E-state index contributed by atoms with van der Waals surface area (Å²) < 4.78 is 28.4. The number of benzene rings is 2. The summed E-state index contributed by atoms with van der Waals surface area (Å²) in [5.41, 5.74) is 0.774. The van der Waals surface area contributed by atoms with Crippen LogP contribution in [0.15, 0.2) is 71.9 Å². The van der Waals surface area contributed by atoms with Crippen molar-refractivity contribution in [3.63, 3.8) is 0 Å². The van der Waals surface area contributed by atoms with Crippen LogP contribution in [0.4, 0.5) is 5.69 Å². The molecule has 1 aliphatic rings. The fraction of sp³-hybridized carbons (Fsp3) is 0.158. The number of rotatable bonds is 4. The van der Waals surface area contributed by atoms with Crippen molar-refractivity contribution in [2.24, 2.45) is 0 Å². The lowest BCUT2D eigenvalue weighted by Crippen LogP contribution is -2.41. The molecule has 7 heteroatoms. The number of aromatic nitrogens is 1. The van der Waals surface area contributed by atoms with Crippen molar-refractivity contribution in [3.8, 4) is 0 Å². The Labute approximate surface area is 151 Å². The summed E-state index contributed by atoms with van der Waals surface area (Å²) in [5, 5.41) is 1.32. The van der Waals surface area contributed by atoms with Crippen LogP contribution in [0.25, 0.3) is 10.8 Å². The van der Waals surface area contributed by atoms with Gasteiger partial charge in [-0.05, 0) is 30.7 Å². The molecule has 1 N–H and O–H groups in total. The first-order valence-electron chi connectivity index (χ1n) is 8.28. The number of carbonyl (C=O) groups is 1. The first kappa shape index (κ1) is 16.7. The van der Waals surface area contributed by atoms with Crippen molar-refractivity contribution in [1.29, 1.82) is 0 Å². The van der Waals surface area contributed by atoms with Crippen LogP contribution in [0.5, 0.6) is 0 Å². The summed E-state index contributed by atoms with van der Waals surface area (Å²) in [6.07, 6.45) is 3.60. The number of para-hydroxylation sites is 1. The molecule has 0 spiro atoms. The number of carbonyl (C=O) groups excluding carboxylic acids is 1. The topological polar surface area (TPSA) is 79.4 Å². The predicted octanol–water partition coefficient (Wildman–Crippen LogP) is 2.32. The maximum atomic E-state index is 12.9. The van der Waals surface area contributed by atoms with Crippen LogP contribution in [0, 0.1) is 0 Å². The Hall–Kier alpha value is -2.77. The minimum atomic E-state index is -3.83. The fourth-order valence-electron chi connectivity index (χ4n) is 3.23. The van der Waals surface area contributed by atoms with E-state index in [1.54, 1.807) is 41.6 Å². The highest BCUT2D eigenvalue weighted by Gasteiger charge is 2.35. The van der Waals surface area contributed by atoms with Crippen molar-refractivity contribution >= 4 is 32.4 Å². The molecule has 1 fully saturated rings. The van der Waals surface area contributed by atoms with Crippen LogP contribution in [0.1, 0.15) is 6.42 Å². The van der Waals surface area contributed by atoms with Gasteiger partial charge in [0.2, 0.25) is 15.9 Å². The normalized spacial score (nSPS) is 17.8. The molecule has 6 nitrogen and oxygen atoms in total. The largest absolute Gasteiger partial charge is 0.311 e. The van der Waals surface area contributed by atoms with E-state index in [4.69, 9.17) is 0 Å². The second-order valence-electron chi connectivity index (χ2n) is 6.14. The highest BCUT2D eigenvalue weighted by molar-refractivity contribution is 7.89. The van der Waals surface area contributed by atoms with Gasteiger partial charge in [0, 0.05) is 35.4 Å². The summed E-state index contributed by atoms with van der Waals surface area (Å²) in [6, 6.07) is 15.2. The fourth-order valence-corrected chi connectivity index (χ4v) is 4.68. The molecule has 2 aromatic carbocycles. The van der Waals surface area contributed by atoms with E-state index in [-0.39, 0.29) is 10.8 Å². The van der Waals surface area contributed by atoms with Crippen LogP contribution in [0.2, 0.25) is 0 Å². The van der Waals surface area contributed by atoms with Crippen LogP contribution in [0.3, 0.4) is 0 Å². The van der Waals surface area contributed by atoms with E-state index >= 15 is 0 Å². The maximum absolute atomic E-state index is 12.9. The van der Waals surface area contributed by atoms with Crippen molar-refractivity contribution in [2.45, 2.75) is 17.4 Å². The van der Waals surface area contributed by atoms with Crippen molar-refractivity contribution in [2.75, 3.05) is 11.4 Å². The Morgan fingerprint density at radius 3 is 2.65 bits per heavy atom. The Morgan fingerprint density at radius 1 is 1.04 bits per heavy atom. The number of pyridine rings is 1. The molecule has 1 aromatic heterocycles. The molecule has 26 heavy (non-hydrogen) atoms. The molecule has 3 aromatic rings. The standard InChI is InChI=1S/C19H17N3O3S/c23-19-17(10-12-22(19)15-6-2-1-3-7-15)21-26(24,25)18-8-4-5-14-13-20-11-9-16(14)18/h1-9,11,13,17,21H,10,12H2. The van der Waals surface area contributed by atoms with Crippen molar-refractivity contribution in [1.82, 2.24) is 9.71 Å². The van der Waals surface area contributed by atoms with E-state index in [0.29, 0.717) is 18.4 Å². The summed E-state index contributed by atoms with van der Waals surface area (Å²) in [5.74, 6) is -0.235. The molecule has 1 unspecified atom stereocenters. The number of sulfonamides is 1. The molecule has 0 radical (unpaired) electrons. The zero-order chi connectivity index (χ0) is 18.1. The molecule has 1 aliphatic heterocycles. The van der Waals surface area contributed by atoms with Gasteiger partial charge in [-0.2, -0.15) is 4.72 Å². The zero-order valence-electron chi connectivity index (χ0n) is 13.9. The molecule has 0 saturated carbocycles. The number of hydrogen-bond donors (Lipinski definition) is 1. The second-order valence-corrected chi connectivity index (χ2v) is 7.82. The molecular weight excluding hydrogens is 350 g/mol. The highest BCUT2D eigenvalue weighted by Crippen LogP contribution is 2.25. The molecule has 0 aliphatic carbocycles. The summed E-state index contributed by atoms with van der Waals surface area (Å²) in [6.45, 7) is 0.482. The predicted molar refractivity (Wildman–Crippen MR) is 99.3 cm³/mol. The number of nitrogens with one attached hydrogen (secondary N) is 1. The maximum Gasteiger partial charge on any atom is 0.245 e. The van der Waals surface area contributed by atoms with Crippen LogP contribution in [-0.2, 0) is 14.8 Å². The zero-order valence-corrected chi connectivity index (χ0v) is 14.7. The highest BCUT2D eigenvalue weighted by atomic mass is 32.2. The number of fused-ring (bicyclic) bond motifs is 1. The molecule has 1 atom stereocenters. The summed E-state index contributed by atoms with van der Waals surface area (Å²) >= 11 is 0. The van der Waals surface area contributed by atoms with Crippen LogP contribution < -0.4 is 9.62 Å². The molecular formula is C19H17N3O3S. The lowest BCUT2D eigenvalue weighted by atomic mass is 10.2. The van der Waals surface area contributed by atoms with Crippen LogP contribution >= 0.6 is 0 Å². The Balaban J connectivity index is 1.61. The SMILES string of the molecule is O=C1C(NS(=O)(=O)c2cccc3cnccc23)CCN1c1ccccc1. The van der Waals surface area contributed by atoms with Gasteiger partial charge in [-0.1, -0.05) is 30.3 Å². The summed E-state index contributed by atoms with van der Waals surface area (Å²) in [7, 11) is -3.83. The first-order chi connectivity index (χ1) is 12.6. The summed E-state index contributed by atoms with van der Waals surface area (Å²) in [4.78, 5) is 18.5. The quantitative estimate of drug-likeness (QED) is 0.767.